The maximum Gasteiger partial charge on any atom is 0.341 e. The Bertz CT molecular complexity index is 287. The number of halogens is 1. The fourth-order valence-electron chi connectivity index (χ4n) is 0.744. The van der Waals surface area contributed by atoms with Crippen molar-refractivity contribution in [3.8, 4) is 0 Å². The van der Waals surface area contributed by atoms with Gasteiger partial charge in [0, 0.05) is 12.4 Å². The van der Waals surface area contributed by atoms with Crippen LogP contribution in [0.15, 0.2) is 12.4 Å². The van der Waals surface area contributed by atoms with Crippen LogP contribution < -0.4 is 0 Å². The minimum absolute atomic E-state index is 0.239. The summed E-state index contributed by atoms with van der Waals surface area (Å²) in [6.45, 7) is 2.09. The van der Waals surface area contributed by atoms with Gasteiger partial charge in [-0.05, 0) is 6.92 Å². The number of nitrogens with zero attached hydrogens (tertiary/aromatic N) is 2. The highest BCUT2D eigenvalue weighted by Crippen LogP contribution is 2.00. The van der Waals surface area contributed by atoms with Crippen LogP contribution in [0.2, 0.25) is 0 Å². The molecule has 0 aromatic carbocycles. The Kier molecular flexibility index (Phi) is 3.64. The highest BCUT2D eigenvalue weighted by Gasteiger charge is 2.06. The number of ether oxygens (including phenoxy) is 1. The van der Waals surface area contributed by atoms with E-state index in [4.69, 9.17) is 16.3 Å². The lowest BCUT2D eigenvalue weighted by Crippen LogP contribution is -2.06. The smallest absolute Gasteiger partial charge is 0.341 e. The molecular formula is C8H9ClN2O2. The van der Waals surface area contributed by atoms with Gasteiger partial charge in [0.15, 0.2) is 0 Å². The molecule has 0 unspecified atom stereocenters. The van der Waals surface area contributed by atoms with Crippen molar-refractivity contribution in [2.75, 3.05) is 6.61 Å². The third-order valence-corrected chi connectivity index (χ3v) is 1.58. The van der Waals surface area contributed by atoms with E-state index in [9.17, 15) is 4.79 Å². The molecule has 4 nitrogen and oxygen atoms in total. The zero-order valence-corrected chi connectivity index (χ0v) is 7.91. The Morgan fingerprint density at radius 2 is 2.15 bits per heavy atom. The minimum atomic E-state index is -0.413. The maximum absolute atomic E-state index is 11.1. The summed E-state index contributed by atoms with van der Waals surface area (Å²) in [5.41, 5.74) is 0.343. The number of esters is 1. The number of alkyl halides is 1. The summed E-state index contributed by atoms with van der Waals surface area (Å²) >= 11 is 5.48. The third kappa shape index (κ3) is 2.66. The van der Waals surface area contributed by atoms with Gasteiger partial charge in [-0.2, -0.15) is 0 Å². The molecule has 13 heavy (non-hydrogen) atoms. The summed E-state index contributed by atoms with van der Waals surface area (Å²) in [5, 5.41) is 0. The summed E-state index contributed by atoms with van der Waals surface area (Å²) in [6.07, 6.45) is 2.81. The average molecular weight is 201 g/mol. The Morgan fingerprint density at radius 1 is 1.54 bits per heavy atom. The molecule has 0 aliphatic heterocycles. The number of aromatic nitrogens is 2. The molecule has 0 spiro atoms. The van der Waals surface area contributed by atoms with Gasteiger partial charge in [-0.3, -0.25) is 0 Å². The van der Waals surface area contributed by atoms with E-state index in [-0.39, 0.29) is 5.88 Å². The van der Waals surface area contributed by atoms with Gasteiger partial charge in [0.2, 0.25) is 0 Å². The summed E-state index contributed by atoms with van der Waals surface area (Å²) < 4.78 is 4.75. The van der Waals surface area contributed by atoms with Gasteiger partial charge in [-0.25, -0.2) is 14.8 Å². The van der Waals surface area contributed by atoms with Crippen molar-refractivity contribution in [1.29, 1.82) is 0 Å². The van der Waals surface area contributed by atoms with Crippen LogP contribution in [0.25, 0.3) is 0 Å². The number of rotatable bonds is 3. The van der Waals surface area contributed by atoms with Gasteiger partial charge in [0.05, 0.1) is 18.1 Å². The first kappa shape index (κ1) is 9.92. The summed E-state index contributed by atoms with van der Waals surface area (Å²) in [7, 11) is 0. The van der Waals surface area contributed by atoms with Gasteiger partial charge in [0.25, 0.3) is 0 Å². The van der Waals surface area contributed by atoms with Gasteiger partial charge >= 0.3 is 5.97 Å². The minimum Gasteiger partial charge on any atom is -0.462 e. The first-order chi connectivity index (χ1) is 6.27. The molecule has 0 aliphatic carbocycles. The fraction of sp³-hybridized carbons (Fsp3) is 0.375. The van der Waals surface area contributed by atoms with Crippen LogP contribution in [0.4, 0.5) is 0 Å². The topological polar surface area (TPSA) is 52.1 Å². The zero-order valence-electron chi connectivity index (χ0n) is 7.16. The standard InChI is InChI=1S/C8H9ClN2O2/c1-2-13-8(12)6-4-10-7(3-9)11-5-6/h4-5H,2-3H2,1H3. The molecule has 0 fully saturated rings. The number of carbonyl (C=O) groups is 1. The van der Waals surface area contributed by atoms with Crippen molar-refractivity contribution in [3.63, 3.8) is 0 Å². The molecule has 1 rings (SSSR count). The van der Waals surface area contributed by atoms with Crippen molar-refractivity contribution in [2.45, 2.75) is 12.8 Å². The molecule has 70 valence electrons. The second-order valence-corrected chi connectivity index (χ2v) is 2.51. The molecule has 1 heterocycles. The van der Waals surface area contributed by atoms with Gasteiger partial charge < -0.3 is 4.74 Å². The van der Waals surface area contributed by atoms with Crippen molar-refractivity contribution >= 4 is 17.6 Å². The highest BCUT2D eigenvalue weighted by molar-refractivity contribution is 6.16. The van der Waals surface area contributed by atoms with E-state index < -0.39 is 5.97 Å². The van der Waals surface area contributed by atoms with Crippen molar-refractivity contribution in [2.24, 2.45) is 0 Å². The van der Waals surface area contributed by atoms with E-state index >= 15 is 0 Å². The Balaban J connectivity index is 2.74. The number of hydrogen-bond donors (Lipinski definition) is 0. The van der Waals surface area contributed by atoms with E-state index in [1.54, 1.807) is 6.92 Å². The van der Waals surface area contributed by atoms with Crippen LogP contribution in [0.1, 0.15) is 23.1 Å². The fourth-order valence-corrected chi connectivity index (χ4v) is 0.882. The molecule has 0 bridgehead atoms. The molecule has 0 amide bonds. The van der Waals surface area contributed by atoms with Crippen LogP contribution in [0.3, 0.4) is 0 Å². The van der Waals surface area contributed by atoms with Crippen LogP contribution in [0, 0.1) is 0 Å². The Morgan fingerprint density at radius 3 is 2.62 bits per heavy atom. The van der Waals surface area contributed by atoms with Gasteiger partial charge in [0.1, 0.15) is 5.82 Å². The maximum atomic E-state index is 11.1. The third-order valence-electron chi connectivity index (χ3n) is 1.34. The van der Waals surface area contributed by atoms with Crippen LogP contribution in [-0.4, -0.2) is 22.5 Å². The Labute approximate surface area is 80.9 Å². The van der Waals surface area contributed by atoms with Crippen molar-refractivity contribution in [3.05, 3.63) is 23.8 Å². The molecule has 0 saturated carbocycles. The predicted molar refractivity (Wildman–Crippen MR) is 47.5 cm³/mol. The van der Waals surface area contributed by atoms with Crippen LogP contribution >= 0.6 is 11.6 Å². The second kappa shape index (κ2) is 4.77. The van der Waals surface area contributed by atoms with E-state index in [1.165, 1.54) is 12.4 Å². The van der Waals surface area contributed by atoms with E-state index in [0.29, 0.717) is 18.0 Å². The van der Waals surface area contributed by atoms with E-state index in [1.807, 2.05) is 0 Å². The second-order valence-electron chi connectivity index (χ2n) is 2.24. The zero-order chi connectivity index (χ0) is 9.68. The number of hydrogen-bond acceptors (Lipinski definition) is 4. The number of carbonyl (C=O) groups excluding carboxylic acids is 1. The van der Waals surface area contributed by atoms with Gasteiger partial charge in [-0.1, -0.05) is 0 Å². The Hall–Kier alpha value is -1.16. The first-order valence-corrected chi connectivity index (χ1v) is 4.35. The molecule has 0 saturated heterocycles. The SMILES string of the molecule is CCOC(=O)c1cnc(CCl)nc1. The first-order valence-electron chi connectivity index (χ1n) is 3.82. The average Bonchev–Trinajstić information content (AvgIpc) is 2.18. The van der Waals surface area contributed by atoms with Crippen LogP contribution in [0.5, 0.6) is 0 Å². The highest BCUT2D eigenvalue weighted by atomic mass is 35.5. The summed E-state index contributed by atoms with van der Waals surface area (Å²) in [6, 6.07) is 0. The summed E-state index contributed by atoms with van der Waals surface area (Å²) in [5.74, 6) is 0.321. The molecule has 0 atom stereocenters. The molecule has 0 aliphatic rings. The summed E-state index contributed by atoms with van der Waals surface area (Å²) in [4.78, 5) is 18.8. The lowest BCUT2D eigenvalue weighted by molar-refractivity contribution is 0.0525. The molecule has 0 radical (unpaired) electrons. The van der Waals surface area contributed by atoms with E-state index in [0.717, 1.165) is 0 Å². The monoisotopic (exact) mass is 200 g/mol. The lowest BCUT2D eigenvalue weighted by atomic mass is 10.3. The van der Waals surface area contributed by atoms with Crippen molar-refractivity contribution < 1.29 is 9.53 Å². The quantitative estimate of drug-likeness (QED) is 0.547. The van der Waals surface area contributed by atoms with E-state index in [2.05, 4.69) is 9.97 Å². The largest absolute Gasteiger partial charge is 0.462 e. The van der Waals surface area contributed by atoms with Crippen molar-refractivity contribution in [1.82, 2.24) is 9.97 Å². The molecule has 1 aromatic rings. The normalized spacial score (nSPS) is 9.69. The molecule has 5 heteroatoms. The van der Waals surface area contributed by atoms with Crippen LogP contribution in [-0.2, 0) is 10.6 Å². The van der Waals surface area contributed by atoms with Gasteiger partial charge in [-0.15, -0.1) is 11.6 Å². The lowest BCUT2D eigenvalue weighted by Gasteiger charge is -2.00. The molecule has 1 aromatic heterocycles. The predicted octanol–water partition coefficient (Wildman–Crippen LogP) is 1.39. The molecular weight excluding hydrogens is 192 g/mol. The molecule has 0 N–H and O–H groups in total.